The van der Waals surface area contributed by atoms with Crippen LogP contribution < -0.4 is 5.32 Å². The van der Waals surface area contributed by atoms with Crippen molar-refractivity contribution in [2.45, 2.75) is 12.2 Å². The van der Waals surface area contributed by atoms with Crippen LogP contribution in [0.15, 0.2) is 18.2 Å². The van der Waals surface area contributed by atoms with Gasteiger partial charge in [0.15, 0.2) is 0 Å². The average molecular weight is 256 g/mol. The summed E-state index contributed by atoms with van der Waals surface area (Å²) in [6.07, 6.45) is 0.172. The minimum atomic E-state index is -4.80. The van der Waals surface area contributed by atoms with Crippen LogP contribution >= 0.6 is 0 Å². The number of hydrogen-bond donors (Lipinski definition) is 1. The fraction of sp³-hybridized carbons (Fsp3) is 0.250. The summed E-state index contributed by atoms with van der Waals surface area (Å²) in [6, 6.07) is 3.14. The average Bonchev–Trinajstić information content (AvgIpc) is 2.30. The smallest absolute Gasteiger partial charge is 0.287 e. The molecule has 0 bridgehead atoms. The summed E-state index contributed by atoms with van der Waals surface area (Å²) in [7, 11) is 0. The first-order valence-electron chi connectivity index (χ1n) is 4.83. The van der Waals surface area contributed by atoms with Crippen molar-refractivity contribution in [2.24, 2.45) is 0 Å². The third kappa shape index (κ3) is 3.22. The Hall–Kier alpha value is -2.05. The molecular formula is C12H8F4N2. The summed E-state index contributed by atoms with van der Waals surface area (Å²) >= 11 is 0. The van der Waals surface area contributed by atoms with Gasteiger partial charge < -0.3 is 0 Å². The van der Waals surface area contributed by atoms with E-state index in [0.29, 0.717) is 12.1 Å². The molecule has 1 aromatic carbocycles. The minimum Gasteiger partial charge on any atom is -0.287 e. The highest BCUT2D eigenvalue weighted by atomic mass is 19.4. The number of terminal acetylenes is 1. The molecule has 1 aromatic rings. The van der Waals surface area contributed by atoms with Crippen molar-refractivity contribution in [3.63, 3.8) is 0 Å². The first kappa shape index (κ1) is 14.0. The molecule has 0 aliphatic rings. The highest BCUT2D eigenvalue weighted by Gasteiger charge is 2.34. The van der Waals surface area contributed by atoms with Gasteiger partial charge in [-0.3, -0.25) is 5.32 Å². The quantitative estimate of drug-likeness (QED) is 0.666. The SMILES string of the molecule is C#CCNC(C#N)c1ccc(F)c(C(F)(F)F)c1. The zero-order valence-electron chi connectivity index (χ0n) is 9.05. The molecule has 1 atom stereocenters. The van der Waals surface area contributed by atoms with E-state index in [4.69, 9.17) is 11.7 Å². The van der Waals surface area contributed by atoms with E-state index in [1.165, 1.54) is 0 Å². The van der Waals surface area contributed by atoms with E-state index in [1.807, 2.05) is 0 Å². The third-order valence-electron chi connectivity index (χ3n) is 2.17. The lowest BCUT2D eigenvalue weighted by atomic mass is 10.0. The summed E-state index contributed by atoms with van der Waals surface area (Å²) in [6.45, 7) is 0.0248. The van der Waals surface area contributed by atoms with Crippen molar-refractivity contribution in [1.29, 1.82) is 5.26 Å². The van der Waals surface area contributed by atoms with Gasteiger partial charge in [0.25, 0.3) is 0 Å². The van der Waals surface area contributed by atoms with E-state index < -0.39 is 23.6 Å². The van der Waals surface area contributed by atoms with Crippen LogP contribution in [0.2, 0.25) is 0 Å². The Morgan fingerprint density at radius 1 is 1.39 bits per heavy atom. The van der Waals surface area contributed by atoms with Crippen LogP contribution in [0.4, 0.5) is 17.6 Å². The lowest BCUT2D eigenvalue weighted by Gasteiger charge is -2.13. The molecule has 0 saturated carbocycles. The second-order valence-electron chi connectivity index (χ2n) is 3.38. The second kappa shape index (κ2) is 5.52. The standard InChI is InChI=1S/C12H8F4N2/c1-2-5-18-11(7-17)8-3-4-10(13)9(6-8)12(14,15)16/h1,3-4,6,11,18H,5H2. The molecule has 0 radical (unpaired) electrons. The molecule has 18 heavy (non-hydrogen) atoms. The first-order chi connectivity index (χ1) is 8.40. The van der Waals surface area contributed by atoms with Gasteiger partial charge in [-0.2, -0.15) is 18.4 Å². The van der Waals surface area contributed by atoms with Crippen LogP contribution in [0.5, 0.6) is 0 Å². The molecular weight excluding hydrogens is 248 g/mol. The van der Waals surface area contributed by atoms with Gasteiger partial charge in [-0.25, -0.2) is 4.39 Å². The first-order valence-corrected chi connectivity index (χ1v) is 4.83. The molecule has 0 saturated heterocycles. The van der Waals surface area contributed by atoms with Crippen LogP contribution in [0.3, 0.4) is 0 Å². The highest BCUT2D eigenvalue weighted by Crippen LogP contribution is 2.32. The van der Waals surface area contributed by atoms with E-state index in [9.17, 15) is 17.6 Å². The molecule has 0 aromatic heterocycles. The molecule has 1 unspecified atom stereocenters. The van der Waals surface area contributed by atoms with Crippen LogP contribution in [0.25, 0.3) is 0 Å². The number of alkyl halides is 3. The monoisotopic (exact) mass is 256 g/mol. The van der Waals surface area contributed by atoms with E-state index in [2.05, 4.69) is 11.2 Å². The molecule has 0 fully saturated rings. The summed E-state index contributed by atoms with van der Waals surface area (Å²) in [4.78, 5) is 0. The lowest BCUT2D eigenvalue weighted by molar-refractivity contribution is -0.140. The van der Waals surface area contributed by atoms with Crippen LogP contribution in [-0.2, 0) is 6.18 Å². The van der Waals surface area contributed by atoms with Gasteiger partial charge >= 0.3 is 6.18 Å². The molecule has 94 valence electrons. The van der Waals surface area contributed by atoms with Gasteiger partial charge in [0, 0.05) is 0 Å². The van der Waals surface area contributed by atoms with Crippen molar-refractivity contribution in [3.05, 3.63) is 35.1 Å². The van der Waals surface area contributed by atoms with E-state index in [0.717, 1.165) is 6.07 Å². The number of rotatable bonds is 3. The van der Waals surface area contributed by atoms with Crippen molar-refractivity contribution >= 4 is 0 Å². The second-order valence-corrected chi connectivity index (χ2v) is 3.38. The summed E-state index contributed by atoms with van der Waals surface area (Å²) in [5.41, 5.74) is -1.38. The number of halogens is 4. The number of nitrogens with one attached hydrogen (secondary N) is 1. The predicted molar refractivity (Wildman–Crippen MR) is 56.6 cm³/mol. The Balaban J connectivity index is 3.12. The molecule has 2 nitrogen and oxygen atoms in total. The fourth-order valence-corrected chi connectivity index (χ4v) is 1.34. The number of benzene rings is 1. The predicted octanol–water partition coefficient (Wildman–Crippen LogP) is 2.63. The number of nitrogens with zero attached hydrogens (tertiary/aromatic N) is 1. The molecule has 0 aliphatic heterocycles. The van der Waals surface area contributed by atoms with Crippen LogP contribution in [0, 0.1) is 29.5 Å². The maximum absolute atomic E-state index is 13.0. The van der Waals surface area contributed by atoms with Crippen molar-refractivity contribution in [1.82, 2.24) is 5.32 Å². The largest absolute Gasteiger partial charge is 0.419 e. The lowest BCUT2D eigenvalue weighted by Crippen LogP contribution is -2.21. The van der Waals surface area contributed by atoms with E-state index in [-0.39, 0.29) is 12.1 Å². The summed E-state index contributed by atoms with van der Waals surface area (Å²) in [5, 5.41) is 11.4. The molecule has 0 amide bonds. The molecule has 1 N–H and O–H groups in total. The van der Waals surface area contributed by atoms with Crippen LogP contribution in [-0.4, -0.2) is 6.54 Å². The summed E-state index contributed by atoms with van der Waals surface area (Å²) < 4.78 is 50.4. The molecule has 0 aliphatic carbocycles. The Kier molecular flexibility index (Phi) is 4.30. The molecule has 1 rings (SSSR count). The van der Waals surface area contributed by atoms with Gasteiger partial charge in [-0.1, -0.05) is 12.0 Å². The van der Waals surface area contributed by atoms with Gasteiger partial charge in [0.05, 0.1) is 18.2 Å². The van der Waals surface area contributed by atoms with Gasteiger partial charge in [0.2, 0.25) is 0 Å². The zero-order valence-corrected chi connectivity index (χ0v) is 9.05. The van der Waals surface area contributed by atoms with Crippen molar-refractivity contribution < 1.29 is 17.6 Å². The number of nitriles is 1. The molecule has 6 heteroatoms. The maximum Gasteiger partial charge on any atom is 0.419 e. The van der Waals surface area contributed by atoms with Gasteiger partial charge in [-0.15, -0.1) is 6.42 Å². The van der Waals surface area contributed by atoms with Gasteiger partial charge in [-0.05, 0) is 17.7 Å². The minimum absolute atomic E-state index is 0.0153. The Labute approximate surface area is 101 Å². The normalized spacial score (nSPS) is 12.6. The number of hydrogen-bond acceptors (Lipinski definition) is 2. The van der Waals surface area contributed by atoms with Crippen molar-refractivity contribution in [3.8, 4) is 18.4 Å². The summed E-state index contributed by atoms with van der Waals surface area (Å²) in [5.74, 6) is 0.825. The van der Waals surface area contributed by atoms with E-state index >= 15 is 0 Å². The van der Waals surface area contributed by atoms with Crippen LogP contribution in [0.1, 0.15) is 17.2 Å². The molecule has 0 heterocycles. The molecule has 0 spiro atoms. The fourth-order valence-electron chi connectivity index (χ4n) is 1.34. The van der Waals surface area contributed by atoms with E-state index in [1.54, 1.807) is 6.07 Å². The van der Waals surface area contributed by atoms with Crippen molar-refractivity contribution in [2.75, 3.05) is 6.54 Å². The highest BCUT2D eigenvalue weighted by molar-refractivity contribution is 5.32. The topological polar surface area (TPSA) is 35.8 Å². The maximum atomic E-state index is 13.0. The third-order valence-corrected chi connectivity index (χ3v) is 2.17. The Bertz CT molecular complexity index is 508. The Morgan fingerprint density at radius 3 is 2.56 bits per heavy atom. The Morgan fingerprint density at radius 2 is 2.06 bits per heavy atom. The van der Waals surface area contributed by atoms with Gasteiger partial charge in [0.1, 0.15) is 11.9 Å². The zero-order chi connectivity index (χ0) is 13.8.